The largest absolute Gasteiger partial charge is 0.611 e. The minimum Gasteiger partial charge on any atom is -0.611 e. The number of aromatic nitrogens is 5. The van der Waals surface area contributed by atoms with Crippen molar-refractivity contribution in [2.24, 2.45) is 0 Å². The first-order chi connectivity index (χ1) is 16.1. The van der Waals surface area contributed by atoms with Crippen LogP contribution in [0.3, 0.4) is 0 Å². The Labute approximate surface area is 194 Å². The van der Waals surface area contributed by atoms with E-state index in [1.165, 1.54) is 0 Å². The molecule has 3 aliphatic rings. The van der Waals surface area contributed by atoms with Crippen molar-refractivity contribution in [2.45, 2.75) is 48.5 Å². The van der Waals surface area contributed by atoms with Crippen molar-refractivity contribution < 1.29 is 14.2 Å². The van der Waals surface area contributed by atoms with Gasteiger partial charge in [-0.3, -0.25) is 4.98 Å². The van der Waals surface area contributed by atoms with Crippen molar-refractivity contribution in [2.75, 3.05) is 35.7 Å². The van der Waals surface area contributed by atoms with Gasteiger partial charge in [-0.15, -0.1) is 0 Å². The molecule has 1 aliphatic carbocycles. The van der Waals surface area contributed by atoms with E-state index < -0.39 is 11.2 Å². The van der Waals surface area contributed by atoms with Crippen LogP contribution in [0.4, 0.5) is 11.8 Å². The summed E-state index contributed by atoms with van der Waals surface area (Å²) in [5.41, 5.74) is 1.41. The van der Waals surface area contributed by atoms with E-state index in [4.69, 9.17) is 14.5 Å². The van der Waals surface area contributed by atoms with Crippen LogP contribution < -0.4 is 10.2 Å². The molecule has 3 aromatic rings. The van der Waals surface area contributed by atoms with Crippen LogP contribution in [0.25, 0.3) is 11.4 Å². The highest BCUT2D eigenvalue weighted by molar-refractivity contribution is 7.91. The number of piperidine rings is 1. The Hall–Kier alpha value is -2.76. The number of nitrogens with one attached hydrogen (secondary N) is 1. The van der Waals surface area contributed by atoms with Gasteiger partial charge in [0.2, 0.25) is 22.6 Å². The smallest absolute Gasteiger partial charge is 0.230 e. The molecule has 1 saturated heterocycles. The molecule has 1 atom stereocenters. The molecule has 3 aromatic heterocycles. The summed E-state index contributed by atoms with van der Waals surface area (Å²) in [4.78, 5) is 21.1. The normalized spacial score (nSPS) is 21.8. The SMILES string of the molecule is [O-][S+]1CCc2nc(N3CCC(c4nc(-c5ccncc5)no4)CC3)nc(NC3(CO)CC3)c21. The van der Waals surface area contributed by atoms with Crippen LogP contribution in [0.1, 0.15) is 43.2 Å². The van der Waals surface area contributed by atoms with Crippen LogP contribution in [-0.2, 0) is 17.6 Å². The van der Waals surface area contributed by atoms with Gasteiger partial charge in [-0.25, -0.2) is 4.98 Å². The van der Waals surface area contributed by atoms with E-state index in [0.29, 0.717) is 40.6 Å². The van der Waals surface area contributed by atoms with Crippen LogP contribution in [0.2, 0.25) is 0 Å². The molecule has 2 aliphatic heterocycles. The van der Waals surface area contributed by atoms with Crippen LogP contribution in [0.15, 0.2) is 33.9 Å². The Morgan fingerprint density at radius 3 is 2.70 bits per heavy atom. The number of anilines is 2. The molecule has 5 heterocycles. The zero-order valence-corrected chi connectivity index (χ0v) is 18.9. The molecule has 11 heteroatoms. The highest BCUT2D eigenvalue weighted by Gasteiger charge is 2.45. The monoisotopic (exact) mass is 467 g/mol. The van der Waals surface area contributed by atoms with E-state index in [2.05, 4.69) is 25.3 Å². The molecule has 33 heavy (non-hydrogen) atoms. The molecular formula is C22H25N7O3S. The summed E-state index contributed by atoms with van der Waals surface area (Å²) in [5.74, 6) is 3.29. The molecule has 10 nitrogen and oxygen atoms in total. The molecule has 0 spiro atoms. The first-order valence-electron chi connectivity index (χ1n) is 11.3. The summed E-state index contributed by atoms with van der Waals surface area (Å²) < 4.78 is 18.1. The second kappa shape index (κ2) is 8.23. The van der Waals surface area contributed by atoms with Crippen molar-refractivity contribution in [3.05, 3.63) is 36.1 Å². The molecule has 1 saturated carbocycles. The molecule has 0 bridgehead atoms. The maximum atomic E-state index is 12.6. The predicted octanol–water partition coefficient (Wildman–Crippen LogP) is 1.91. The van der Waals surface area contributed by atoms with E-state index in [1.54, 1.807) is 12.4 Å². The van der Waals surface area contributed by atoms with Crippen LogP contribution in [0.5, 0.6) is 0 Å². The van der Waals surface area contributed by atoms with Gasteiger partial charge in [0.15, 0.2) is 5.82 Å². The van der Waals surface area contributed by atoms with Gasteiger partial charge in [0.1, 0.15) is 11.4 Å². The summed E-state index contributed by atoms with van der Waals surface area (Å²) in [7, 11) is 0. The molecule has 2 fully saturated rings. The third-order valence-corrected chi connectivity index (χ3v) is 8.18. The number of aryl methyl sites for hydroxylation is 1. The number of aliphatic hydroxyl groups excluding tert-OH is 1. The second-order valence-corrected chi connectivity index (χ2v) is 10.5. The zero-order chi connectivity index (χ0) is 22.4. The summed E-state index contributed by atoms with van der Waals surface area (Å²) in [6.45, 7) is 1.58. The summed E-state index contributed by atoms with van der Waals surface area (Å²) in [6, 6.07) is 3.73. The number of hydrogen-bond donors (Lipinski definition) is 2. The summed E-state index contributed by atoms with van der Waals surface area (Å²) >= 11 is -1.09. The third kappa shape index (κ3) is 3.94. The van der Waals surface area contributed by atoms with Crippen molar-refractivity contribution >= 4 is 22.9 Å². The number of rotatable bonds is 6. The molecule has 1 unspecified atom stereocenters. The lowest BCUT2D eigenvalue weighted by molar-refractivity contribution is 0.265. The van der Waals surface area contributed by atoms with E-state index in [1.807, 2.05) is 12.1 Å². The maximum Gasteiger partial charge on any atom is 0.230 e. The van der Waals surface area contributed by atoms with Gasteiger partial charge in [-0.05, 0) is 49.0 Å². The Morgan fingerprint density at radius 2 is 1.97 bits per heavy atom. The van der Waals surface area contributed by atoms with Crippen LogP contribution >= 0.6 is 0 Å². The van der Waals surface area contributed by atoms with Crippen molar-refractivity contribution in [1.29, 1.82) is 0 Å². The van der Waals surface area contributed by atoms with Crippen molar-refractivity contribution in [1.82, 2.24) is 25.1 Å². The number of fused-ring (bicyclic) bond motifs is 1. The topological polar surface area (TPSA) is 136 Å². The molecule has 0 aromatic carbocycles. The fraction of sp³-hybridized carbons (Fsp3) is 0.500. The van der Waals surface area contributed by atoms with Gasteiger partial charge >= 0.3 is 0 Å². The van der Waals surface area contributed by atoms with Gasteiger partial charge in [0.05, 0.1) is 12.1 Å². The van der Waals surface area contributed by atoms with E-state index in [-0.39, 0.29) is 18.1 Å². The fourth-order valence-electron chi connectivity index (χ4n) is 4.48. The summed E-state index contributed by atoms with van der Waals surface area (Å²) in [5, 5.41) is 17.3. The Morgan fingerprint density at radius 1 is 1.18 bits per heavy atom. The Kier molecular flexibility index (Phi) is 5.19. The average Bonchev–Trinajstić information content (AvgIpc) is 3.27. The predicted molar refractivity (Wildman–Crippen MR) is 121 cm³/mol. The minimum absolute atomic E-state index is 0.0464. The fourth-order valence-corrected chi connectivity index (χ4v) is 5.79. The van der Waals surface area contributed by atoms with Gasteiger partial charge < -0.3 is 24.4 Å². The van der Waals surface area contributed by atoms with Crippen LogP contribution in [0, 0.1) is 0 Å². The molecule has 6 rings (SSSR count). The number of hydrogen-bond acceptors (Lipinski definition) is 10. The van der Waals surface area contributed by atoms with Gasteiger partial charge in [-0.1, -0.05) is 5.16 Å². The minimum atomic E-state index is -1.09. The first-order valence-corrected chi connectivity index (χ1v) is 12.6. The van der Waals surface area contributed by atoms with Crippen molar-refractivity contribution in [3.8, 4) is 11.4 Å². The third-order valence-electron chi connectivity index (χ3n) is 6.72. The zero-order valence-electron chi connectivity index (χ0n) is 18.1. The molecule has 2 N–H and O–H groups in total. The Balaban J connectivity index is 1.18. The highest BCUT2D eigenvalue weighted by Crippen LogP contribution is 2.42. The van der Waals surface area contributed by atoms with E-state index in [0.717, 1.165) is 50.0 Å². The second-order valence-electron chi connectivity index (χ2n) is 8.96. The molecule has 172 valence electrons. The van der Waals surface area contributed by atoms with Crippen molar-refractivity contribution in [3.63, 3.8) is 0 Å². The first kappa shape index (κ1) is 20.8. The number of pyridine rings is 1. The lowest BCUT2D eigenvalue weighted by atomic mass is 9.97. The quantitative estimate of drug-likeness (QED) is 0.517. The number of nitrogens with zero attached hydrogens (tertiary/aromatic N) is 6. The highest BCUT2D eigenvalue weighted by atomic mass is 32.2. The van der Waals surface area contributed by atoms with Gasteiger partial charge in [0.25, 0.3) is 0 Å². The lowest BCUT2D eigenvalue weighted by Crippen LogP contribution is -2.35. The van der Waals surface area contributed by atoms with Crippen LogP contribution in [-0.4, -0.2) is 65.7 Å². The van der Waals surface area contributed by atoms with E-state index in [9.17, 15) is 9.66 Å². The standard InChI is InChI=1S/C22H25N7O3S/c30-13-22(6-7-22)27-19-17-16(5-12-33(17)31)24-21(26-19)29-10-3-15(4-11-29)20-25-18(28-32-20)14-1-8-23-9-2-14/h1-2,8-9,15,30H,3-7,10-13H2,(H,24,26,27). The molecular weight excluding hydrogens is 442 g/mol. The molecule has 0 amide bonds. The van der Waals surface area contributed by atoms with E-state index >= 15 is 0 Å². The lowest BCUT2D eigenvalue weighted by Gasteiger charge is -2.31. The average molecular weight is 468 g/mol. The van der Waals surface area contributed by atoms with Gasteiger partial charge in [0, 0.05) is 43.4 Å². The number of aliphatic hydroxyl groups is 1. The molecule has 0 radical (unpaired) electrons. The summed E-state index contributed by atoms with van der Waals surface area (Å²) in [6.07, 6.45) is 7.61. The Bertz CT molecular complexity index is 1150. The van der Waals surface area contributed by atoms with Gasteiger partial charge in [-0.2, -0.15) is 9.97 Å². The maximum absolute atomic E-state index is 12.6.